The number of carbonyl (C=O) groups is 1. The molecule has 0 amide bonds. The van der Waals surface area contributed by atoms with Gasteiger partial charge in [-0.1, -0.05) is 6.92 Å². The van der Waals surface area contributed by atoms with Crippen molar-refractivity contribution in [2.75, 3.05) is 6.61 Å². The Hall–Kier alpha value is -0.970. The number of ether oxygens (including phenoxy) is 1. The van der Waals surface area contributed by atoms with Gasteiger partial charge in [0.25, 0.3) is 0 Å². The van der Waals surface area contributed by atoms with Crippen LogP contribution in [0.1, 0.15) is 13.3 Å². The third-order valence-corrected chi connectivity index (χ3v) is 0.463. The highest BCUT2D eigenvalue weighted by atomic mass is 17.6. The Morgan fingerprint density at radius 1 is 1.23 bits per heavy atom. The van der Waals surface area contributed by atoms with E-state index in [0.29, 0.717) is 6.61 Å². The maximum atomic E-state index is 9.54. The third-order valence-electron chi connectivity index (χ3n) is 0.463. The molecule has 0 aliphatic heterocycles. The summed E-state index contributed by atoms with van der Waals surface area (Å²) >= 11 is 0. The summed E-state index contributed by atoms with van der Waals surface area (Å²) in [6.45, 7) is 2.15. The van der Waals surface area contributed by atoms with Crippen molar-refractivity contribution in [1.29, 1.82) is 0 Å². The Kier molecular flexibility index (Phi) is 31.0. The smallest absolute Gasteiger partial charge is 0.450 e. The normalized spacial score (nSPS) is 7.15. The molecule has 0 aliphatic carbocycles. The van der Waals surface area contributed by atoms with Gasteiger partial charge in [-0.2, -0.15) is 0 Å². The Morgan fingerprint density at radius 2 is 1.62 bits per heavy atom. The average Bonchev–Trinajstić information content (AvgIpc) is 2.18. The molecule has 9 heteroatoms. The minimum Gasteiger partial charge on any atom is -0.450 e. The molecule has 5 N–H and O–H groups in total. The first-order valence-corrected chi connectivity index (χ1v) is 2.86. The first-order chi connectivity index (χ1) is 6.18. The zero-order valence-corrected chi connectivity index (χ0v) is 6.78. The predicted molar refractivity (Wildman–Crippen MR) is 37.0 cm³/mol. The third kappa shape index (κ3) is 55.4. The van der Waals surface area contributed by atoms with Crippen molar-refractivity contribution in [3.63, 3.8) is 0 Å². The van der Waals surface area contributed by atoms with Crippen molar-refractivity contribution in [2.24, 2.45) is 0 Å². The fourth-order valence-corrected chi connectivity index (χ4v) is 0.189. The summed E-state index contributed by atoms with van der Waals surface area (Å²) in [6, 6.07) is 0. The van der Waals surface area contributed by atoms with Crippen molar-refractivity contribution in [2.45, 2.75) is 13.3 Å². The first kappa shape index (κ1) is 17.9. The fourth-order valence-electron chi connectivity index (χ4n) is 0.189. The highest BCUT2D eigenvalue weighted by Gasteiger charge is 1.89. The van der Waals surface area contributed by atoms with Crippen LogP contribution in [0.3, 0.4) is 0 Å². The van der Waals surface area contributed by atoms with Crippen LogP contribution in [0.2, 0.25) is 0 Å². The molecule has 0 atom stereocenters. The topological polar surface area (TPSA) is 146 Å². The molecule has 13 heavy (non-hydrogen) atoms. The van der Waals surface area contributed by atoms with Crippen LogP contribution in [0.25, 0.3) is 0 Å². The zero-order chi connectivity index (χ0) is 11.1. The Labute approximate surface area is 73.0 Å². The molecular weight excluding hydrogens is 192 g/mol. The minimum atomic E-state index is -1.19. The van der Waals surface area contributed by atoms with Crippen LogP contribution in [-0.2, 0) is 14.8 Å². The van der Waals surface area contributed by atoms with E-state index in [-0.39, 0.29) is 0 Å². The van der Waals surface area contributed by atoms with Gasteiger partial charge in [-0.25, -0.2) is 15.3 Å². The van der Waals surface area contributed by atoms with Crippen LogP contribution in [0, 0.1) is 0 Å². The maximum Gasteiger partial charge on any atom is 0.505 e. The zero-order valence-electron chi connectivity index (χ0n) is 6.78. The molecule has 0 spiro atoms. The molecule has 0 aromatic rings. The summed E-state index contributed by atoms with van der Waals surface area (Å²) in [6.07, 6.45) is -0.450. The van der Waals surface area contributed by atoms with Gasteiger partial charge >= 0.3 is 6.16 Å². The van der Waals surface area contributed by atoms with E-state index in [9.17, 15) is 4.79 Å². The maximum absolute atomic E-state index is 9.54. The fraction of sp³-hybridized carbons (Fsp3) is 0.750. The largest absolute Gasteiger partial charge is 0.505 e. The van der Waals surface area contributed by atoms with E-state index in [0.717, 1.165) is 6.42 Å². The lowest BCUT2D eigenvalue weighted by molar-refractivity contribution is -0.611. The molecule has 0 unspecified atom stereocenters. The molecule has 0 bridgehead atoms. The Bertz CT molecular complexity index is 81.7. The quantitative estimate of drug-likeness (QED) is 0.258. The molecule has 0 saturated carbocycles. The molecule has 0 aromatic heterocycles. The standard InChI is InChI=1S/C4H8O3.H2O4.H2O2/c1-2-3-7-4(5)6;1-3-4-2;1-2/h2-3H2,1H3,(H,5,6);1-2H;1-2H. The van der Waals surface area contributed by atoms with E-state index in [1.54, 1.807) is 0 Å². The van der Waals surface area contributed by atoms with E-state index in [1.807, 2.05) is 6.92 Å². The lowest BCUT2D eigenvalue weighted by Crippen LogP contribution is -1.99. The van der Waals surface area contributed by atoms with Gasteiger partial charge in [-0.3, -0.25) is 10.5 Å². The molecule has 0 radical (unpaired) electrons. The van der Waals surface area contributed by atoms with E-state index < -0.39 is 6.16 Å². The molecule has 0 fully saturated rings. The predicted octanol–water partition coefficient (Wildman–Crippen LogP) is 0.989. The second kappa shape index (κ2) is 22.5. The van der Waals surface area contributed by atoms with Gasteiger partial charge in [-0.05, 0) is 16.5 Å². The first-order valence-electron chi connectivity index (χ1n) is 2.86. The second-order valence-corrected chi connectivity index (χ2v) is 1.26. The summed E-state index contributed by atoms with van der Waals surface area (Å²) in [4.78, 5) is 9.54. The molecule has 82 valence electrons. The lowest BCUT2D eigenvalue weighted by Gasteiger charge is -1.91. The van der Waals surface area contributed by atoms with E-state index in [1.165, 1.54) is 0 Å². The van der Waals surface area contributed by atoms with Crippen molar-refractivity contribution in [1.82, 2.24) is 0 Å². The van der Waals surface area contributed by atoms with Crippen LogP contribution in [0.5, 0.6) is 0 Å². The summed E-state index contributed by atoms with van der Waals surface area (Å²) < 4.78 is 4.11. The minimum absolute atomic E-state index is 0.301. The van der Waals surface area contributed by atoms with Gasteiger partial charge in [0, 0.05) is 0 Å². The van der Waals surface area contributed by atoms with Crippen molar-refractivity contribution >= 4 is 6.16 Å². The van der Waals surface area contributed by atoms with Crippen molar-refractivity contribution in [3.05, 3.63) is 0 Å². The van der Waals surface area contributed by atoms with Crippen LogP contribution >= 0.6 is 0 Å². The van der Waals surface area contributed by atoms with E-state index in [4.69, 9.17) is 26.1 Å². The molecule has 9 nitrogen and oxygen atoms in total. The monoisotopic (exact) mass is 204 g/mol. The van der Waals surface area contributed by atoms with E-state index in [2.05, 4.69) is 14.8 Å². The average molecular weight is 204 g/mol. The Balaban J connectivity index is -0.000000142. The molecule has 0 saturated heterocycles. The Morgan fingerprint density at radius 3 is 1.69 bits per heavy atom. The van der Waals surface area contributed by atoms with Crippen LogP contribution in [-0.4, -0.2) is 38.9 Å². The highest BCUT2D eigenvalue weighted by Crippen LogP contribution is 1.78. The summed E-state index contributed by atoms with van der Waals surface area (Å²) in [5, 5.41) is 38.8. The van der Waals surface area contributed by atoms with Gasteiger partial charge in [0.1, 0.15) is 0 Å². The van der Waals surface area contributed by atoms with Gasteiger partial charge in [-0.15, -0.1) is 0 Å². The van der Waals surface area contributed by atoms with Gasteiger partial charge < -0.3 is 9.84 Å². The molecule has 0 heterocycles. The number of carboxylic acid groups (broad SMARTS) is 1. The number of hydrogen-bond acceptors (Lipinski definition) is 8. The van der Waals surface area contributed by atoms with E-state index >= 15 is 0 Å². The summed E-state index contributed by atoms with van der Waals surface area (Å²) in [5.41, 5.74) is 0. The number of rotatable bonds is 3. The van der Waals surface area contributed by atoms with Crippen molar-refractivity contribution < 1.29 is 45.7 Å². The van der Waals surface area contributed by atoms with Gasteiger partial charge in [0.05, 0.1) is 6.61 Å². The van der Waals surface area contributed by atoms with Gasteiger partial charge in [0.15, 0.2) is 0 Å². The van der Waals surface area contributed by atoms with Crippen molar-refractivity contribution in [3.8, 4) is 0 Å². The summed E-state index contributed by atoms with van der Waals surface area (Å²) in [5.74, 6) is 0. The number of hydrogen-bond donors (Lipinski definition) is 5. The lowest BCUT2D eigenvalue weighted by atomic mass is 10.5. The second-order valence-electron chi connectivity index (χ2n) is 1.26. The molecule has 0 rings (SSSR count). The van der Waals surface area contributed by atoms with Crippen LogP contribution < -0.4 is 0 Å². The van der Waals surface area contributed by atoms with Crippen LogP contribution in [0.15, 0.2) is 0 Å². The summed E-state index contributed by atoms with van der Waals surface area (Å²) in [7, 11) is 0. The molecule has 0 aliphatic rings. The molecular formula is C4H12O9. The SMILES string of the molecule is CCCOC(=O)O.OO.OOOO. The van der Waals surface area contributed by atoms with Gasteiger partial charge in [0.2, 0.25) is 0 Å². The highest BCUT2D eigenvalue weighted by molar-refractivity contribution is 5.56. The van der Waals surface area contributed by atoms with Crippen LogP contribution in [0.4, 0.5) is 4.79 Å². The molecule has 0 aromatic carbocycles.